The number of benzene rings is 2. The van der Waals surface area contributed by atoms with Gasteiger partial charge in [0, 0.05) is 39.7 Å². The van der Waals surface area contributed by atoms with E-state index in [9.17, 15) is 9.59 Å². The Bertz CT molecular complexity index is 1520. The molecule has 0 fully saturated rings. The first-order valence-electron chi connectivity index (χ1n) is 8.48. The molecule has 6 heteroatoms. The largest absolute Gasteiger partial charge is 0.494 e. The predicted molar refractivity (Wildman–Crippen MR) is 104 cm³/mol. The van der Waals surface area contributed by atoms with Gasteiger partial charge in [-0.2, -0.15) is 0 Å². The molecule has 6 nitrogen and oxygen atoms in total. The highest BCUT2D eigenvalue weighted by Gasteiger charge is 2.19. The van der Waals surface area contributed by atoms with Crippen LogP contribution in [0.15, 0.2) is 48.8 Å². The van der Waals surface area contributed by atoms with Gasteiger partial charge >= 0.3 is 11.3 Å². The topological polar surface area (TPSA) is 85.4 Å². The molecule has 27 heavy (non-hydrogen) atoms. The van der Waals surface area contributed by atoms with Gasteiger partial charge in [0.2, 0.25) is 0 Å². The van der Waals surface area contributed by atoms with Crippen LogP contribution in [0.5, 0.6) is 5.75 Å². The van der Waals surface area contributed by atoms with Crippen LogP contribution < -0.4 is 16.0 Å². The van der Waals surface area contributed by atoms with Crippen molar-refractivity contribution in [2.75, 3.05) is 7.11 Å². The molecule has 0 spiro atoms. The minimum absolute atomic E-state index is 0.398. The van der Waals surface area contributed by atoms with Crippen LogP contribution in [-0.2, 0) is 0 Å². The molecule has 0 saturated carbocycles. The Morgan fingerprint density at radius 2 is 1.56 bits per heavy atom. The van der Waals surface area contributed by atoms with E-state index in [-0.39, 0.29) is 0 Å². The number of aryl methyl sites for hydroxylation is 2. The lowest BCUT2D eigenvalue weighted by atomic mass is 10.0. The predicted octanol–water partition coefficient (Wildman–Crippen LogP) is 4.16. The van der Waals surface area contributed by atoms with Crippen molar-refractivity contribution in [2.45, 2.75) is 13.8 Å². The Kier molecular flexibility index (Phi) is 3.04. The zero-order valence-corrected chi connectivity index (χ0v) is 14.9. The lowest BCUT2D eigenvalue weighted by molar-refractivity contribution is 0.418. The maximum absolute atomic E-state index is 11.9. The maximum atomic E-state index is 11.9. The van der Waals surface area contributed by atoms with Crippen molar-refractivity contribution in [2.24, 2.45) is 0 Å². The van der Waals surface area contributed by atoms with Gasteiger partial charge < -0.3 is 18.6 Å². The van der Waals surface area contributed by atoms with Crippen molar-refractivity contribution in [3.8, 4) is 5.75 Å². The third-order valence-electron chi connectivity index (χ3n) is 5.05. The minimum Gasteiger partial charge on any atom is -0.494 e. The van der Waals surface area contributed by atoms with E-state index in [1.807, 2.05) is 26.0 Å². The van der Waals surface area contributed by atoms with Crippen LogP contribution in [0, 0.1) is 13.8 Å². The maximum Gasteiger partial charge on any atom is 0.336 e. The molecule has 0 atom stereocenters. The summed E-state index contributed by atoms with van der Waals surface area (Å²) in [5.74, 6) is 0.547. The molecule has 0 aliphatic carbocycles. The number of nitrogens with one attached hydrogen (secondary N) is 1. The van der Waals surface area contributed by atoms with Crippen LogP contribution in [0.25, 0.3) is 43.7 Å². The standard InChI is InChI=1S/C21H15NO5/c1-9-6-16(24)27-21-11(9)4-5-12-18-17-10(2)7-15(23)26-13(17)8-14(25-3)20(18)22-19(12)21/h4-8,22H,1-3H3. The fraction of sp³-hybridized carbons (Fsp3) is 0.143. The number of H-pyrrole nitrogens is 1. The van der Waals surface area contributed by atoms with Gasteiger partial charge in [-0.05, 0) is 25.0 Å². The zero-order valence-electron chi connectivity index (χ0n) is 14.9. The molecular formula is C21H15NO5. The van der Waals surface area contributed by atoms with Crippen LogP contribution >= 0.6 is 0 Å². The normalized spacial score (nSPS) is 11.8. The zero-order chi connectivity index (χ0) is 18.9. The van der Waals surface area contributed by atoms with E-state index in [0.29, 0.717) is 22.4 Å². The highest BCUT2D eigenvalue weighted by Crippen LogP contribution is 2.40. The van der Waals surface area contributed by atoms with E-state index in [2.05, 4.69) is 4.98 Å². The van der Waals surface area contributed by atoms with Crippen LogP contribution in [0.4, 0.5) is 0 Å². The van der Waals surface area contributed by atoms with E-state index in [1.165, 1.54) is 12.1 Å². The second kappa shape index (κ2) is 5.23. The van der Waals surface area contributed by atoms with E-state index in [4.69, 9.17) is 13.6 Å². The highest BCUT2D eigenvalue weighted by atomic mass is 16.5. The number of hydrogen-bond donors (Lipinski definition) is 1. The van der Waals surface area contributed by atoms with Gasteiger partial charge in [-0.25, -0.2) is 9.59 Å². The number of hydrogen-bond acceptors (Lipinski definition) is 5. The Balaban J connectivity index is 2.13. The van der Waals surface area contributed by atoms with Gasteiger partial charge in [-0.15, -0.1) is 0 Å². The number of rotatable bonds is 1. The van der Waals surface area contributed by atoms with Gasteiger partial charge in [0.05, 0.1) is 18.1 Å². The van der Waals surface area contributed by atoms with Gasteiger partial charge in [0.25, 0.3) is 0 Å². The molecule has 0 aliphatic heterocycles. The summed E-state index contributed by atoms with van der Waals surface area (Å²) in [6.45, 7) is 3.75. The number of ether oxygens (including phenoxy) is 1. The molecule has 3 heterocycles. The Morgan fingerprint density at radius 1 is 0.852 bits per heavy atom. The summed E-state index contributed by atoms with van der Waals surface area (Å²) in [5, 5.41) is 3.42. The van der Waals surface area contributed by atoms with Crippen molar-refractivity contribution in [1.29, 1.82) is 0 Å². The Morgan fingerprint density at radius 3 is 2.33 bits per heavy atom. The highest BCUT2D eigenvalue weighted by molar-refractivity contribution is 6.25. The summed E-state index contributed by atoms with van der Waals surface area (Å²) in [7, 11) is 1.56. The van der Waals surface area contributed by atoms with Crippen LogP contribution in [0.2, 0.25) is 0 Å². The molecule has 0 saturated heterocycles. The van der Waals surface area contributed by atoms with E-state index in [0.717, 1.165) is 38.2 Å². The van der Waals surface area contributed by atoms with Crippen molar-refractivity contribution in [3.63, 3.8) is 0 Å². The molecule has 134 valence electrons. The molecule has 5 rings (SSSR count). The van der Waals surface area contributed by atoms with Gasteiger partial charge in [-0.3, -0.25) is 0 Å². The average Bonchev–Trinajstić information content (AvgIpc) is 3.00. The first kappa shape index (κ1) is 15.7. The van der Waals surface area contributed by atoms with Gasteiger partial charge in [-0.1, -0.05) is 12.1 Å². The monoisotopic (exact) mass is 361 g/mol. The second-order valence-electron chi connectivity index (χ2n) is 6.69. The lowest BCUT2D eigenvalue weighted by Gasteiger charge is -2.07. The molecule has 0 aliphatic rings. The van der Waals surface area contributed by atoms with Gasteiger partial charge in [0.15, 0.2) is 5.58 Å². The molecule has 3 aromatic heterocycles. The lowest BCUT2D eigenvalue weighted by Crippen LogP contribution is -1.98. The summed E-state index contributed by atoms with van der Waals surface area (Å²) in [4.78, 5) is 27.1. The fourth-order valence-corrected chi connectivity index (χ4v) is 3.89. The molecule has 0 unspecified atom stereocenters. The summed E-state index contributed by atoms with van der Waals surface area (Å²) in [6, 6.07) is 8.56. The van der Waals surface area contributed by atoms with Crippen molar-refractivity contribution >= 4 is 43.7 Å². The first-order valence-corrected chi connectivity index (χ1v) is 8.48. The van der Waals surface area contributed by atoms with Crippen molar-refractivity contribution < 1.29 is 13.6 Å². The summed E-state index contributed by atoms with van der Waals surface area (Å²) < 4.78 is 16.5. The van der Waals surface area contributed by atoms with E-state index >= 15 is 0 Å². The third-order valence-corrected chi connectivity index (χ3v) is 5.05. The quantitative estimate of drug-likeness (QED) is 0.453. The van der Waals surface area contributed by atoms with Crippen molar-refractivity contribution in [1.82, 2.24) is 4.98 Å². The minimum atomic E-state index is -0.409. The Hall–Kier alpha value is -3.54. The number of aromatic nitrogens is 1. The molecule has 2 aromatic carbocycles. The fourth-order valence-electron chi connectivity index (χ4n) is 3.89. The molecule has 5 aromatic rings. The molecule has 0 bridgehead atoms. The number of aromatic amines is 1. The van der Waals surface area contributed by atoms with E-state index < -0.39 is 11.3 Å². The van der Waals surface area contributed by atoms with Crippen LogP contribution in [-0.4, -0.2) is 12.1 Å². The average molecular weight is 361 g/mol. The second-order valence-corrected chi connectivity index (χ2v) is 6.69. The summed E-state index contributed by atoms with van der Waals surface area (Å²) in [5.41, 5.74) is 3.27. The Labute approximate surface area is 152 Å². The molecule has 0 amide bonds. The SMILES string of the molecule is COc1cc2oc(=O)cc(C)c2c2c1[nH]c1c2ccc2c(C)cc(=O)oc21. The number of methoxy groups -OCH3 is 1. The van der Waals surface area contributed by atoms with E-state index in [1.54, 1.807) is 13.2 Å². The smallest absolute Gasteiger partial charge is 0.336 e. The summed E-state index contributed by atoms with van der Waals surface area (Å²) >= 11 is 0. The molecular weight excluding hydrogens is 346 g/mol. The third kappa shape index (κ3) is 2.07. The number of fused-ring (bicyclic) bond motifs is 7. The van der Waals surface area contributed by atoms with Crippen LogP contribution in [0.1, 0.15) is 11.1 Å². The van der Waals surface area contributed by atoms with Crippen molar-refractivity contribution in [3.05, 3.63) is 62.3 Å². The van der Waals surface area contributed by atoms with Gasteiger partial charge in [0.1, 0.15) is 11.3 Å². The van der Waals surface area contributed by atoms with Crippen LogP contribution in [0.3, 0.4) is 0 Å². The molecule has 0 radical (unpaired) electrons. The first-order chi connectivity index (χ1) is 13.0. The summed E-state index contributed by atoms with van der Waals surface area (Å²) in [6.07, 6.45) is 0. The molecule has 1 N–H and O–H groups in total.